The number of hydrogen-bond acceptors (Lipinski definition) is 3. The summed E-state index contributed by atoms with van der Waals surface area (Å²) in [6.45, 7) is 0.932. The highest BCUT2D eigenvalue weighted by Crippen LogP contribution is 2.11. The minimum absolute atomic E-state index is 0.145. The lowest BCUT2D eigenvalue weighted by Crippen LogP contribution is -2.36. The summed E-state index contributed by atoms with van der Waals surface area (Å²) in [7, 11) is 1.75. The maximum Gasteiger partial charge on any atom is 0.317 e. The average molecular weight is 356 g/mol. The molecule has 0 bridgehead atoms. The number of carbonyl (C=O) groups excluding carboxylic acids is 1. The van der Waals surface area contributed by atoms with E-state index in [0.717, 1.165) is 16.9 Å². The van der Waals surface area contributed by atoms with Gasteiger partial charge in [0, 0.05) is 43.8 Å². The summed E-state index contributed by atoms with van der Waals surface area (Å²) in [4.78, 5) is 22.2. The van der Waals surface area contributed by atoms with Crippen LogP contribution in [0.4, 0.5) is 4.79 Å². The van der Waals surface area contributed by atoms with Gasteiger partial charge < -0.3 is 10.2 Å². The van der Waals surface area contributed by atoms with Crippen LogP contribution in [0.15, 0.2) is 61.3 Å². The molecular weight excluding hydrogens is 338 g/mol. The predicted octanol–water partition coefficient (Wildman–Crippen LogP) is 3.26. The molecule has 3 rings (SSSR count). The third-order valence-corrected chi connectivity index (χ3v) is 3.95. The zero-order chi connectivity index (χ0) is 17.6. The second-order valence-corrected chi connectivity index (χ2v) is 6.07. The fourth-order valence-electron chi connectivity index (χ4n) is 2.32. The van der Waals surface area contributed by atoms with Crippen molar-refractivity contribution in [3.05, 3.63) is 77.5 Å². The molecule has 0 atom stereocenters. The normalized spacial score (nSPS) is 10.5. The van der Waals surface area contributed by atoms with Crippen molar-refractivity contribution in [2.24, 2.45) is 0 Å². The molecule has 128 valence electrons. The zero-order valence-corrected chi connectivity index (χ0v) is 14.5. The molecule has 0 radical (unpaired) electrons. The maximum atomic E-state index is 12.2. The topological polar surface area (TPSA) is 63.1 Å². The van der Waals surface area contributed by atoms with Gasteiger partial charge in [-0.05, 0) is 29.3 Å². The van der Waals surface area contributed by atoms with Crippen LogP contribution in [0.5, 0.6) is 0 Å². The van der Waals surface area contributed by atoms with Crippen LogP contribution >= 0.6 is 11.6 Å². The van der Waals surface area contributed by atoms with Gasteiger partial charge in [0.2, 0.25) is 0 Å². The number of hydrogen-bond donors (Lipinski definition) is 1. The summed E-state index contributed by atoms with van der Waals surface area (Å²) in [5.41, 5.74) is 1.95. The minimum Gasteiger partial charge on any atom is -0.334 e. The number of benzene rings is 1. The van der Waals surface area contributed by atoms with Crippen molar-refractivity contribution in [1.82, 2.24) is 24.8 Å². The molecule has 0 saturated heterocycles. The Morgan fingerprint density at radius 3 is 2.60 bits per heavy atom. The second kappa shape index (κ2) is 7.81. The highest BCUT2D eigenvalue weighted by atomic mass is 35.5. The molecule has 3 aromatic rings. The maximum absolute atomic E-state index is 12.2. The number of aromatic nitrogens is 3. The molecule has 25 heavy (non-hydrogen) atoms. The molecule has 7 heteroatoms. The Bertz CT molecular complexity index is 816. The zero-order valence-electron chi connectivity index (χ0n) is 13.8. The van der Waals surface area contributed by atoms with Gasteiger partial charge >= 0.3 is 6.03 Å². The number of nitrogens with one attached hydrogen (secondary N) is 1. The van der Waals surface area contributed by atoms with Crippen LogP contribution in [0.25, 0.3) is 5.82 Å². The Morgan fingerprint density at radius 1 is 1.20 bits per heavy atom. The van der Waals surface area contributed by atoms with Crippen LogP contribution in [0, 0.1) is 0 Å². The van der Waals surface area contributed by atoms with Crippen molar-refractivity contribution in [3.63, 3.8) is 0 Å². The monoisotopic (exact) mass is 355 g/mol. The summed E-state index contributed by atoms with van der Waals surface area (Å²) < 4.78 is 1.82. The van der Waals surface area contributed by atoms with Crippen molar-refractivity contribution in [1.29, 1.82) is 0 Å². The van der Waals surface area contributed by atoms with Crippen molar-refractivity contribution in [3.8, 4) is 5.82 Å². The van der Waals surface area contributed by atoms with Crippen molar-refractivity contribution >= 4 is 17.6 Å². The molecule has 0 aliphatic rings. The van der Waals surface area contributed by atoms with E-state index in [1.807, 2.05) is 47.2 Å². The molecular formula is C18H18ClN5O. The van der Waals surface area contributed by atoms with E-state index < -0.39 is 0 Å². The number of rotatable bonds is 5. The van der Waals surface area contributed by atoms with Crippen molar-refractivity contribution < 1.29 is 4.79 Å². The van der Waals surface area contributed by atoms with E-state index in [1.54, 1.807) is 30.7 Å². The molecule has 1 N–H and O–H groups in total. The Labute approximate surface area is 151 Å². The van der Waals surface area contributed by atoms with E-state index in [2.05, 4.69) is 15.3 Å². The molecule has 0 aliphatic carbocycles. The van der Waals surface area contributed by atoms with Crippen LogP contribution in [-0.4, -0.2) is 32.5 Å². The van der Waals surface area contributed by atoms with Gasteiger partial charge in [-0.3, -0.25) is 4.57 Å². The molecule has 0 saturated carbocycles. The number of halogens is 1. The van der Waals surface area contributed by atoms with Gasteiger partial charge in [-0.15, -0.1) is 0 Å². The highest BCUT2D eigenvalue weighted by Gasteiger charge is 2.09. The van der Waals surface area contributed by atoms with E-state index in [9.17, 15) is 4.79 Å². The average Bonchev–Trinajstić information content (AvgIpc) is 3.16. The lowest BCUT2D eigenvalue weighted by atomic mass is 10.2. The SMILES string of the molecule is CN(Cc1ccc(Cl)cc1)C(=O)NCc1ccc(-n2ccnc2)nc1. The Balaban J connectivity index is 1.52. The molecule has 0 fully saturated rings. The Kier molecular flexibility index (Phi) is 5.30. The van der Waals surface area contributed by atoms with Gasteiger partial charge in [-0.1, -0.05) is 29.8 Å². The van der Waals surface area contributed by atoms with Crippen LogP contribution in [0.2, 0.25) is 5.02 Å². The summed E-state index contributed by atoms with van der Waals surface area (Å²) in [6, 6.07) is 11.1. The molecule has 2 amide bonds. The quantitative estimate of drug-likeness (QED) is 0.764. The lowest BCUT2D eigenvalue weighted by molar-refractivity contribution is 0.206. The minimum atomic E-state index is -0.145. The first-order valence-electron chi connectivity index (χ1n) is 7.78. The fraction of sp³-hybridized carbons (Fsp3) is 0.167. The van der Waals surface area contributed by atoms with Crippen LogP contribution in [0.3, 0.4) is 0 Å². The molecule has 0 aliphatic heterocycles. The van der Waals surface area contributed by atoms with Gasteiger partial charge in [0.25, 0.3) is 0 Å². The first-order chi connectivity index (χ1) is 12.1. The van der Waals surface area contributed by atoms with Crippen molar-refractivity contribution in [2.75, 3.05) is 7.05 Å². The summed E-state index contributed by atoms with van der Waals surface area (Å²) >= 11 is 5.87. The highest BCUT2D eigenvalue weighted by molar-refractivity contribution is 6.30. The first kappa shape index (κ1) is 17.0. The van der Waals surface area contributed by atoms with Crippen LogP contribution in [0.1, 0.15) is 11.1 Å². The van der Waals surface area contributed by atoms with Gasteiger partial charge in [-0.2, -0.15) is 0 Å². The second-order valence-electron chi connectivity index (χ2n) is 5.64. The van der Waals surface area contributed by atoms with Gasteiger partial charge in [0.05, 0.1) is 0 Å². The summed E-state index contributed by atoms with van der Waals surface area (Å²) in [5, 5.41) is 3.57. The molecule has 2 aromatic heterocycles. The molecule has 2 heterocycles. The van der Waals surface area contributed by atoms with E-state index in [4.69, 9.17) is 11.6 Å². The number of pyridine rings is 1. The number of amides is 2. The number of carbonyl (C=O) groups is 1. The van der Waals surface area contributed by atoms with Gasteiger partial charge in [0.15, 0.2) is 0 Å². The predicted molar refractivity (Wildman–Crippen MR) is 96.5 cm³/mol. The van der Waals surface area contributed by atoms with E-state index in [-0.39, 0.29) is 6.03 Å². The van der Waals surface area contributed by atoms with Gasteiger partial charge in [-0.25, -0.2) is 14.8 Å². The van der Waals surface area contributed by atoms with Crippen LogP contribution in [-0.2, 0) is 13.1 Å². The van der Waals surface area contributed by atoms with Crippen LogP contribution < -0.4 is 5.32 Å². The van der Waals surface area contributed by atoms with E-state index in [0.29, 0.717) is 18.1 Å². The Hall–Kier alpha value is -2.86. The van der Waals surface area contributed by atoms with E-state index >= 15 is 0 Å². The van der Waals surface area contributed by atoms with Crippen molar-refractivity contribution in [2.45, 2.75) is 13.1 Å². The number of nitrogens with zero attached hydrogens (tertiary/aromatic N) is 4. The molecule has 0 unspecified atom stereocenters. The largest absolute Gasteiger partial charge is 0.334 e. The first-order valence-corrected chi connectivity index (χ1v) is 8.16. The fourth-order valence-corrected chi connectivity index (χ4v) is 2.44. The third kappa shape index (κ3) is 4.58. The molecule has 1 aromatic carbocycles. The summed E-state index contributed by atoms with van der Waals surface area (Å²) in [5.74, 6) is 0.785. The number of urea groups is 1. The molecule has 0 spiro atoms. The Morgan fingerprint density at radius 2 is 1.96 bits per heavy atom. The number of imidazole rings is 1. The summed E-state index contributed by atoms with van der Waals surface area (Å²) in [6.07, 6.45) is 6.96. The van der Waals surface area contributed by atoms with E-state index in [1.165, 1.54) is 0 Å². The standard InChI is InChI=1S/C18H18ClN5O/c1-23(12-14-2-5-16(19)6-3-14)18(25)22-11-15-4-7-17(21-10-15)24-9-8-20-13-24/h2-10,13H,11-12H2,1H3,(H,22,25). The molecule has 6 nitrogen and oxygen atoms in total. The lowest BCUT2D eigenvalue weighted by Gasteiger charge is -2.18. The van der Waals surface area contributed by atoms with Gasteiger partial charge in [0.1, 0.15) is 12.1 Å². The third-order valence-electron chi connectivity index (χ3n) is 3.70. The smallest absolute Gasteiger partial charge is 0.317 e.